The van der Waals surface area contributed by atoms with Crippen LogP contribution < -0.4 is 0 Å². The van der Waals surface area contributed by atoms with Crippen LogP contribution in [0, 0.1) is 5.82 Å². The van der Waals surface area contributed by atoms with E-state index in [0.29, 0.717) is 5.92 Å². The van der Waals surface area contributed by atoms with Crippen LogP contribution in [0.5, 0.6) is 0 Å². The Balaban J connectivity index is 1.30. The summed E-state index contributed by atoms with van der Waals surface area (Å²) in [6, 6.07) is 6.89. The molecule has 0 radical (unpaired) electrons. The number of halogens is 1. The smallest absolute Gasteiger partial charge is 0.229 e. The van der Waals surface area contributed by atoms with Gasteiger partial charge in [0.1, 0.15) is 5.82 Å². The zero-order chi connectivity index (χ0) is 16.4. The molecule has 5 nitrogen and oxygen atoms in total. The molecule has 1 aliphatic heterocycles. The molecule has 2 aliphatic rings. The van der Waals surface area contributed by atoms with E-state index in [9.17, 15) is 4.39 Å². The zero-order valence-corrected chi connectivity index (χ0v) is 13.8. The monoisotopic (exact) mass is 330 g/mol. The molecule has 128 valence electrons. The fourth-order valence-corrected chi connectivity index (χ4v) is 3.26. The van der Waals surface area contributed by atoms with Crippen LogP contribution in [0.4, 0.5) is 4.39 Å². The topological polar surface area (TPSA) is 45.4 Å². The first-order chi connectivity index (χ1) is 11.8. The number of nitrogens with zero attached hydrogens (tertiary/aromatic N) is 4. The van der Waals surface area contributed by atoms with E-state index in [4.69, 9.17) is 4.52 Å². The van der Waals surface area contributed by atoms with Crippen molar-refractivity contribution in [3.63, 3.8) is 0 Å². The highest BCUT2D eigenvalue weighted by Crippen LogP contribution is 2.38. The van der Waals surface area contributed by atoms with Crippen molar-refractivity contribution in [3.8, 4) is 0 Å². The van der Waals surface area contributed by atoms with Crippen LogP contribution in [0.3, 0.4) is 0 Å². The van der Waals surface area contributed by atoms with Crippen LogP contribution in [0.1, 0.15) is 42.5 Å². The van der Waals surface area contributed by atoms with Crippen molar-refractivity contribution in [1.29, 1.82) is 0 Å². The molecule has 0 N–H and O–H groups in total. The molecule has 2 heterocycles. The van der Waals surface area contributed by atoms with Crippen LogP contribution in [0.25, 0.3) is 0 Å². The third-order valence-corrected chi connectivity index (χ3v) is 4.75. The Morgan fingerprint density at radius 3 is 2.62 bits per heavy atom. The molecule has 2 aromatic rings. The van der Waals surface area contributed by atoms with Gasteiger partial charge in [0.15, 0.2) is 5.82 Å². The van der Waals surface area contributed by atoms with Gasteiger partial charge in [-0.05, 0) is 50.0 Å². The SMILES string of the molecule is Fc1cccc(CN2CCCN(Cc3noc(C4CC4)n3)CC2)c1. The second-order valence-electron chi connectivity index (χ2n) is 6.86. The highest BCUT2D eigenvalue weighted by Gasteiger charge is 2.29. The summed E-state index contributed by atoms with van der Waals surface area (Å²) in [4.78, 5) is 9.29. The first-order valence-electron chi connectivity index (χ1n) is 8.78. The quantitative estimate of drug-likeness (QED) is 0.843. The van der Waals surface area contributed by atoms with Gasteiger partial charge in [-0.3, -0.25) is 9.80 Å². The molecule has 0 spiro atoms. The minimum absolute atomic E-state index is 0.160. The molecular formula is C18H23FN4O. The lowest BCUT2D eigenvalue weighted by molar-refractivity contribution is 0.241. The Labute approximate surface area is 141 Å². The number of benzene rings is 1. The van der Waals surface area contributed by atoms with Gasteiger partial charge in [-0.2, -0.15) is 4.98 Å². The molecule has 0 amide bonds. The molecular weight excluding hydrogens is 307 g/mol. The van der Waals surface area contributed by atoms with Crippen LogP contribution in [0.2, 0.25) is 0 Å². The molecule has 0 bridgehead atoms. The van der Waals surface area contributed by atoms with Crippen LogP contribution in [0.15, 0.2) is 28.8 Å². The summed E-state index contributed by atoms with van der Waals surface area (Å²) >= 11 is 0. The maximum Gasteiger partial charge on any atom is 0.229 e. The summed E-state index contributed by atoms with van der Waals surface area (Å²) in [6.07, 6.45) is 3.46. The zero-order valence-electron chi connectivity index (χ0n) is 13.8. The normalized spacial score (nSPS) is 20.2. The predicted octanol–water partition coefficient (Wildman–Crippen LogP) is 2.79. The highest BCUT2D eigenvalue weighted by molar-refractivity contribution is 5.16. The standard InChI is InChI=1S/C18H23FN4O/c19-16-4-1-3-14(11-16)12-22-7-2-8-23(10-9-22)13-17-20-18(24-21-17)15-5-6-15/h1,3-4,11,15H,2,5-10,12-13H2. The van der Waals surface area contributed by atoms with Gasteiger partial charge in [-0.15, -0.1) is 0 Å². The molecule has 2 fully saturated rings. The van der Waals surface area contributed by atoms with Crippen molar-refractivity contribution in [1.82, 2.24) is 19.9 Å². The van der Waals surface area contributed by atoms with Crippen molar-refractivity contribution in [2.45, 2.75) is 38.3 Å². The summed E-state index contributed by atoms with van der Waals surface area (Å²) < 4.78 is 18.7. The van der Waals surface area contributed by atoms with Gasteiger partial charge in [0.05, 0.1) is 6.54 Å². The van der Waals surface area contributed by atoms with Gasteiger partial charge in [-0.1, -0.05) is 17.3 Å². The lowest BCUT2D eigenvalue weighted by Gasteiger charge is -2.21. The maximum absolute atomic E-state index is 13.3. The summed E-state index contributed by atoms with van der Waals surface area (Å²) in [5.74, 6) is 1.97. The molecule has 4 rings (SSSR count). The van der Waals surface area contributed by atoms with Crippen molar-refractivity contribution >= 4 is 0 Å². The number of rotatable bonds is 5. The van der Waals surface area contributed by atoms with Gasteiger partial charge in [0.25, 0.3) is 0 Å². The maximum atomic E-state index is 13.3. The highest BCUT2D eigenvalue weighted by atomic mass is 19.1. The number of aromatic nitrogens is 2. The Morgan fingerprint density at radius 1 is 1.08 bits per heavy atom. The second-order valence-corrected chi connectivity index (χ2v) is 6.86. The van der Waals surface area contributed by atoms with Gasteiger partial charge < -0.3 is 4.52 Å². The summed E-state index contributed by atoms with van der Waals surface area (Å²) in [5.41, 5.74) is 1.04. The fraction of sp³-hybridized carbons (Fsp3) is 0.556. The molecule has 1 aliphatic carbocycles. The largest absolute Gasteiger partial charge is 0.339 e. The molecule has 0 atom stereocenters. The molecule has 1 aromatic heterocycles. The minimum atomic E-state index is -0.160. The van der Waals surface area contributed by atoms with Gasteiger partial charge in [0, 0.05) is 25.6 Å². The number of hydrogen-bond donors (Lipinski definition) is 0. The number of hydrogen-bond acceptors (Lipinski definition) is 5. The summed E-state index contributed by atoms with van der Waals surface area (Å²) in [5, 5.41) is 4.12. The first kappa shape index (κ1) is 15.7. The molecule has 1 aromatic carbocycles. The van der Waals surface area contributed by atoms with Gasteiger partial charge in [-0.25, -0.2) is 4.39 Å². The van der Waals surface area contributed by atoms with Gasteiger partial charge >= 0.3 is 0 Å². The summed E-state index contributed by atoms with van der Waals surface area (Å²) in [7, 11) is 0. The van der Waals surface area contributed by atoms with Gasteiger partial charge in [0.2, 0.25) is 5.89 Å². The average molecular weight is 330 g/mol. The lowest BCUT2D eigenvalue weighted by Crippen LogP contribution is -2.30. The third kappa shape index (κ3) is 3.99. The van der Waals surface area contributed by atoms with E-state index in [-0.39, 0.29) is 5.82 Å². The molecule has 0 unspecified atom stereocenters. The van der Waals surface area contributed by atoms with Crippen molar-refractivity contribution < 1.29 is 8.91 Å². The van der Waals surface area contributed by atoms with E-state index in [1.54, 1.807) is 12.1 Å². The van der Waals surface area contributed by atoms with Crippen molar-refractivity contribution in [2.75, 3.05) is 26.2 Å². The van der Waals surface area contributed by atoms with Crippen molar-refractivity contribution in [2.24, 2.45) is 0 Å². The van der Waals surface area contributed by atoms with Crippen LogP contribution in [-0.4, -0.2) is 46.1 Å². The first-order valence-corrected chi connectivity index (χ1v) is 8.78. The van der Waals surface area contributed by atoms with E-state index in [1.807, 2.05) is 6.07 Å². The lowest BCUT2D eigenvalue weighted by atomic mass is 10.2. The average Bonchev–Trinajstić information content (AvgIpc) is 3.34. The van der Waals surface area contributed by atoms with Crippen molar-refractivity contribution in [3.05, 3.63) is 47.4 Å². The Bertz CT molecular complexity index is 685. The Hall–Kier alpha value is -1.79. The third-order valence-electron chi connectivity index (χ3n) is 4.75. The predicted molar refractivity (Wildman–Crippen MR) is 87.8 cm³/mol. The van der Waals surface area contributed by atoms with E-state index < -0.39 is 0 Å². The van der Waals surface area contributed by atoms with E-state index in [0.717, 1.165) is 63.0 Å². The minimum Gasteiger partial charge on any atom is -0.339 e. The fourth-order valence-electron chi connectivity index (χ4n) is 3.26. The summed E-state index contributed by atoms with van der Waals surface area (Å²) in [6.45, 7) is 5.58. The molecule has 24 heavy (non-hydrogen) atoms. The van der Waals surface area contributed by atoms with Crippen LogP contribution in [-0.2, 0) is 13.1 Å². The molecule has 6 heteroatoms. The van der Waals surface area contributed by atoms with Crippen LogP contribution >= 0.6 is 0 Å². The Morgan fingerprint density at radius 2 is 1.88 bits per heavy atom. The van der Waals surface area contributed by atoms with E-state index >= 15 is 0 Å². The Kier molecular flexibility index (Phi) is 4.58. The second kappa shape index (κ2) is 6.99. The molecule has 1 saturated heterocycles. The van der Waals surface area contributed by atoms with E-state index in [1.165, 1.54) is 18.9 Å². The molecule has 1 saturated carbocycles. The van der Waals surface area contributed by atoms with E-state index in [2.05, 4.69) is 19.9 Å².